The van der Waals surface area contributed by atoms with Crippen LogP contribution in [0.25, 0.3) is 0 Å². The van der Waals surface area contributed by atoms with Crippen LogP contribution in [0.15, 0.2) is 29.2 Å². The monoisotopic (exact) mass is 298 g/mol. The molecular weight excluding hydrogens is 276 g/mol. The van der Waals surface area contributed by atoms with Crippen molar-refractivity contribution in [2.45, 2.75) is 37.0 Å². The van der Waals surface area contributed by atoms with Gasteiger partial charge in [0, 0.05) is 13.1 Å². The third kappa shape index (κ3) is 3.79. The van der Waals surface area contributed by atoms with Crippen LogP contribution in [0.2, 0.25) is 0 Å². The minimum Gasteiger partial charge on any atom is -0.305 e. The van der Waals surface area contributed by atoms with Crippen molar-refractivity contribution in [1.29, 1.82) is 0 Å². The Morgan fingerprint density at radius 2 is 1.75 bits per heavy atom. The number of hydrogen-bond donors (Lipinski definition) is 1. The van der Waals surface area contributed by atoms with Gasteiger partial charge in [-0.25, -0.2) is 14.3 Å². The normalized spacial score (nSPS) is 17.2. The molecule has 5 nitrogen and oxygen atoms in total. The SMILES string of the molecule is NOCCCc1ccc(S(=O)(=O)N2CCCCC2)cc1. The Hall–Kier alpha value is -0.950. The standard InChI is InChI=1S/C14H22N2O3S/c15-19-12-4-5-13-6-8-14(9-7-13)20(17,18)16-10-2-1-3-11-16/h6-9H,1-5,10-12,15H2. The van der Waals surface area contributed by atoms with Crippen molar-refractivity contribution < 1.29 is 13.3 Å². The summed E-state index contributed by atoms with van der Waals surface area (Å²) < 4.78 is 26.5. The molecular formula is C14H22N2O3S. The number of nitrogens with zero attached hydrogens (tertiary/aromatic N) is 1. The van der Waals surface area contributed by atoms with Gasteiger partial charge in [-0.15, -0.1) is 0 Å². The fourth-order valence-electron chi connectivity index (χ4n) is 2.44. The molecule has 1 fully saturated rings. The number of aryl methyl sites for hydroxylation is 1. The smallest absolute Gasteiger partial charge is 0.243 e. The van der Waals surface area contributed by atoms with Gasteiger partial charge in [0.15, 0.2) is 0 Å². The molecule has 6 heteroatoms. The predicted molar refractivity (Wildman–Crippen MR) is 77.5 cm³/mol. The summed E-state index contributed by atoms with van der Waals surface area (Å²) in [5.74, 6) is 4.97. The van der Waals surface area contributed by atoms with Gasteiger partial charge in [0.2, 0.25) is 10.0 Å². The summed E-state index contributed by atoms with van der Waals surface area (Å²) >= 11 is 0. The molecule has 1 saturated heterocycles. The van der Waals surface area contributed by atoms with Gasteiger partial charge >= 0.3 is 0 Å². The highest BCUT2D eigenvalue weighted by molar-refractivity contribution is 7.89. The second-order valence-electron chi connectivity index (χ2n) is 5.08. The van der Waals surface area contributed by atoms with Crippen LogP contribution in [-0.2, 0) is 21.3 Å². The molecule has 0 bridgehead atoms. The molecule has 0 saturated carbocycles. The van der Waals surface area contributed by atoms with E-state index in [2.05, 4.69) is 4.84 Å². The maximum atomic E-state index is 12.4. The predicted octanol–water partition coefficient (Wildman–Crippen LogP) is 1.68. The minimum atomic E-state index is -3.32. The van der Waals surface area contributed by atoms with Gasteiger partial charge in [-0.05, 0) is 43.4 Å². The maximum absolute atomic E-state index is 12.4. The summed E-state index contributed by atoms with van der Waals surface area (Å²) in [5.41, 5.74) is 1.10. The molecule has 1 aromatic carbocycles. The molecule has 0 aromatic heterocycles. The lowest BCUT2D eigenvalue weighted by Gasteiger charge is -2.25. The van der Waals surface area contributed by atoms with Crippen molar-refractivity contribution in [3.8, 4) is 0 Å². The fourth-order valence-corrected chi connectivity index (χ4v) is 3.96. The summed E-state index contributed by atoms with van der Waals surface area (Å²) in [5, 5.41) is 0. The largest absolute Gasteiger partial charge is 0.305 e. The van der Waals surface area contributed by atoms with Crippen molar-refractivity contribution in [2.75, 3.05) is 19.7 Å². The van der Waals surface area contributed by atoms with Crippen LogP contribution in [0.4, 0.5) is 0 Å². The Morgan fingerprint density at radius 3 is 2.35 bits per heavy atom. The Kier molecular flexibility index (Phi) is 5.54. The molecule has 0 amide bonds. The third-order valence-corrected chi connectivity index (χ3v) is 5.52. The van der Waals surface area contributed by atoms with Crippen molar-refractivity contribution in [3.05, 3.63) is 29.8 Å². The minimum absolute atomic E-state index is 0.387. The van der Waals surface area contributed by atoms with Gasteiger partial charge in [-0.3, -0.25) is 0 Å². The molecule has 2 rings (SSSR count). The van der Waals surface area contributed by atoms with Gasteiger partial charge in [-0.1, -0.05) is 18.6 Å². The number of rotatable bonds is 6. The second-order valence-corrected chi connectivity index (χ2v) is 7.02. The van der Waals surface area contributed by atoms with Crippen molar-refractivity contribution in [3.63, 3.8) is 0 Å². The van der Waals surface area contributed by atoms with Gasteiger partial charge in [0.1, 0.15) is 0 Å². The lowest BCUT2D eigenvalue weighted by atomic mass is 10.1. The average molecular weight is 298 g/mol. The van der Waals surface area contributed by atoms with Crippen LogP contribution < -0.4 is 5.90 Å². The first kappa shape index (κ1) is 15.4. The molecule has 0 radical (unpaired) electrons. The van der Waals surface area contributed by atoms with Gasteiger partial charge < -0.3 is 4.84 Å². The van der Waals surface area contributed by atoms with Gasteiger partial charge in [0.05, 0.1) is 11.5 Å². The quantitative estimate of drug-likeness (QED) is 0.640. The van der Waals surface area contributed by atoms with E-state index < -0.39 is 10.0 Å². The molecule has 1 heterocycles. The Labute approximate surface area is 120 Å². The van der Waals surface area contributed by atoms with Crippen LogP contribution in [0.5, 0.6) is 0 Å². The molecule has 0 aliphatic carbocycles. The molecule has 1 aliphatic rings. The van der Waals surface area contributed by atoms with E-state index in [1.165, 1.54) is 0 Å². The van der Waals surface area contributed by atoms with E-state index in [4.69, 9.17) is 5.90 Å². The van der Waals surface area contributed by atoms with Gasteiger partial charge in [-0.2, -0.15) is 4.31 Å². The summed E-state index contributed by atoms with van der Waals surface area (Å²) in [6.07, 6.45) is 4.69. The van der Waals surface area contributed by atoms with Crippen LogP contribution >= 0.6 is 0 Å². The number of sulfonamides is 1. The van der Waals surface area contributed by atoms with Crippen molar-refractivity contribution >= 4 is 10.0 Å². The summed E-state index contributed by atoms with van der Waals surface area (Å²) in [4.78, 5) is 4.91. The van der Waals surface area contributed by atoms with Crippen LogP contribution in [-0.4, -0.2) is 32.4 Å². The lowest BCUT2D eigenvalue weighted by molar-refractivity contribution is 0.135. The van der Waals surface area contributed by atoms with E-state index in [0.29, 0.717) is 24.6 Å². The highest BCUT2D eigenvalue weighted by atomic mass is 32.2. The van der Waals surface area contributed by atoms with E-state index in [0.717, 1.165) is 37.7 Å². The van der Waals surface area contributed by atoms with Crippen LogP contribution in [0, 0.1) is 0 Å². The second kappa shape index (κ2) is 7.17. The molecule has 0 unspecified atom stereocenters. The van der Waals surface area contributed by atoms with Crippen molar-refractivity contribution in [2.24, 2.45) is 5.90 Å². The summed E-state index contributed by atoms with van der Waals surface area (Å²) in [6, 6.07) is 7.13. The highest BCUT2D eigenvalue weighted by Crippen LogP contribution is 2.21. The summed E-state index contributed by atoms with van der Waals surface area (Å²) in [7, 11) is -3.32. The molecule has 112 valence electrons. The average Bonchev–Trinajstić information content (AvgIpc) is 2.49. The Morgan fingerprint density at radius 1 is 1.10 bits per heavy atom. The molecule has 1 aliphatic heterocycles. The molecule has 1 aromatic rings. The first-order valence-electron chi connectivity index (χ1n) is 7.05. The van der Waals surface area contributed by atoms with E-state index in [1.807, 2.05) is 12.1 Å². The summed E-state index contributed by atoms with van der Waals surface area (Å²) in [6.45, 7) is 1.78. The zero-order valence-electron chi connectivity index (χ0n) is 11.6. The van der Waals surface area contributed by atoms with E-state index in [-0.39, 0.29) is 0 Å². The Balaban J connectivity index is 2.04. The Bertz CT molecular complexity index is 508. The molecule has 20 heavy (non-hydrogen) atoms. The number of nitrogens with two attached hydrogens (primary N) is 1. The topological polar surface area (TPSA) is 72.6 Å². The van der Waals surface area contributed by atoms with Crippen LogP contribution in [0.1, 0.15) is 31.2 Å². The van der Waals surface area contributed by atoms with E-state index >= 15 is 0 Å². The zero-order chi connectivity index (χ0) is 14.4. The fraction of sp³-hybridized carbons (Fsp3) is 0.571. The van der Waals surface area contributed by atoms with Gasteiger partial charge in [0.25, 0.3) is 0 Å². The highest BCUT2D eigenvalue weighted by Gasteiger charge is 2.25. The zero-order valence-corrected chi connectivity index (χ0v) is 12.4. The maximum Gasteiger partial charge on any atom is 0.243 e. The first-order chi connectivity index (χ1) is 9.64. The number of hydrogen-bond acceptors (Lipinski definition) is 4. The number of piperidine rings is 1. The molecule has 2 N–H and O–H groups in total. The third-order valence-electron chi connectivity index (χ3n) is 3.60. The van der Waals surface area contributed by atoms with Crippen LogP contribution in [0.3, 0.4) is 0 Å². The first-order valence-corrected chi connectivity index (χ1v) is 8.49. The van der Waals surface area contributed by atoms with Crippen molar-refractivity contribution in [1.82, 2.24) is 4.31 Å². The molecule has 0 spiro atoms. The molecule has 0 atom stereocenters. The van der Waals surface area contributed by atoms with E-state index in [9.17, 15) is 8.42 Å². The van der Waals surface area contributed by atoms with E-state index in [1.54, 1.807) is 16.4 Å². The lowest BCUT2D eigenvalue weighted by Crippen LogP contribution is -2.35. The number of benzene rings is 1.